The molecule has 5 nitrogen and oxygen atoms in total. The number of nitriles is 2. The van der Waals surface area contributed by atoms with Crippen molar-refractivity contribution in [3.63, 3.8) is 0 Å². The van der Waals surface area contributed by atoms with Gasteiger partial charge in [0.2, 0.25) is 0 Å². The van der Waals surface area contributed by atoms with E-state index in [0.29, 0.717) is 16.9 Å². The second-order valence-electron chi connectivity index (χ2n) is 4.45. The first-order valence-corrected chi connectivity index (χ1v) is 6.65. The quantitative estimate of drug-likeness (QED) is 0.491. The lowest BCUT2D eigenvalue weighted by Crippen LogP contribution is -2.09. The van der Waals surface area contributed by atoms with E-state index in [4.69, 9.17) is 20.0 Å². The normalized spacial score (nSPS) is 9.17. The maximum atomic E-state index is 12.1. The summed E-state index contributed by atoms with van der Waals surface area (Å²) in [7, 11) is 1.44. The van der Waals surface area contributed by atoms with Crippen molar-refractivity contribution in [2.75, 3.05) is 7.11 Å². The Morgan fingerprint density at radius 2 is 1.74 bits per heavy atom. The van der Waals surface area contributed by atoms with Crippen LogP contribution in [0.25, 0.3) is 6.08 Å². The molecule has 0 saturated heterocycles. The van der Waals surface area contributed by atoms with Crippen LogP contribution >= 0.6 is 0 Å². The maximum Gasteiger partial charge on any atom is 0.343 e. The Hall–Kier alpha value is -3.57. The first kappa shape index (κ1) is 15.8. The monoisotopic (exact) mass is 304 g/mol. The number of esters is 1. The fourth-order valence-electron chi connectivity index (χ4n) is 1.85. The largest absolute Gasteiger partial charge is 0.493 e. The van der Waals surface area contributed by atoms with Gasteiger partial charge in [-0.25, -0.2) is 4.79 Å². The summed E-state index contributed by atoms with van der Waals surface area (Å²) in [5.74, 6) is 0.0918. The van der Waals surface area contributed by atoms with E-state index < -0.39 is 5.97 Å². The molecule has 0 saturated carbocycles. The smallest absolute Gasteiger partial charge is 0.343 e. The summed E-state index contributed by atoms with van der Waals surface area (Å²) in [5, 5.41) is 17.5. The minimum absolute atomic E-state index is 0.0268. The standard InChI is InChI=1S/C18H12N2O3/c1-22-17-10-13(9-14(11-19)12-20)7-8-16(17)23-18(21)15-5-3-2-4-6-15/h2-10H,1H3. The second-order valence-corrected chi connectivity index (χ2v) is 4.45. The number of methoxy groups -OCH3 is 1. The van der Waals surface area contributed by atoms with Crippen LogP contribution in [0.4, 0.5) is 0 Å². The van der Waals surface area contributed by atoms with E-state index in [1.165, 1.54) is 13.2 Å². The molecule has 23 heavy (non-hydrogen) atoms. The van der Waals surface area contributed by atoms with Crippen molar-refractivity contribution in [2.45, 2.75) is 0 Å². The Labute approximate surface area is 133 Å². The fraction of sp³-hybridized carbons (Fsp3) is 0.0556. The number of allylic oxidation sites excluding steroid dienone is 1. The molecule has 112 valence electrons. The molecule has 0 aliphatic heterocycles. The van der Waals surface area contributed by atoms with Gasteiger partial charge in [-0.15, -0.1) is 0 Å². The van der Waals surface area contributed by atoms with Crippen molar-refractivity contribution < 1.29 is 14.3 Å². The highest BCUT2D eigenvalue weighted by atomic mass is 16.6. The molecule has 2 aromatic rings. The van der Waals surface area contributed by atoms with Crippen molar-refractivity contribution in [3.05, 3.63) is 65.2 Å². The molecule has 0 atom stereocenters. The Bertz CT molecular complexity index is 812. The number of nitrogens with zero attached hydrogens (tertiary/aromatic N) is 2. The summed E-state index contributed by atoms with van der Waals surface area (Å²) in [5.41, 5.74) is 0.996. The lowest BCUT2D eigenvalue weighted by atomic mass is 10.1. The lowest BCUT2D eigenvalue weighted by molar-refractivity contribution is 0.0729. The van der Waals surface area contributed by atoms with Gasteiger partial charge in [-0.3, -0.25) is 0 Å². The van der Waals surface area contributed by atoms with Gasteiger partial charge in [0.1, 0.15) is 17.7 Å². The third-order valence-electron chi connectivity index (χ3n) is 2.95. The van der Waals surface area contributed by atoms with Gasteiger partial charge in [0.15, 0.2) is 11.5 Å². The van der Waals surface area contributed by atoms with Gasteiger partial charge in [0, 0.05) is 0 Å². The van der Waals surface area contributed by atoms with E-state index in [-0.39, 0.29) is 11.3 Å². The molecule has 0 fully saturated rings. The number of carbonyl (C=O) groups is 1. The Morgan fingerprint density at radius 1 is 1.04 bits per heavy atom. The van der Waals surface area contributed by atoms with Gasteiger partial charge in [0.25, 0.3) is 0 Å². The average molecular weight is 304 g/mol. The van der Waals surface area contributed by atoms with Gasteiger partial charge in [-0.1, -0.05) is 24.3 Å². The number of ether oxygens (including phenoxy) is 2. The molecule has 0 aliphatic carbocycles. The van der Waals surface area contributed by atoms with Crippen LogP contribution in [0.15, 0.2) is 54.1 Å². The molecule has 0 bridgehead atoms. The second kappa shape index (κ2) is 7.44. The predicted octanol–water partition coefficient (Wildman–Crippen LogP) is 3.34. The number of hydrogen-bond acceptors (Lipinski definition) is 5. The van der Waals surface area contributed by atoms with Gasteiger partial charge >= 0.3 is 5.97 Å². The number of rotatable bonds is 4. The van der Waals surface area contributed by atoms with Crippen LogP contribution in [0, 0.1) is 22.7 Å². The van der Waals surface area contributed by atoms with Crippen LogP contribution < -0.4 is 9.47 Å². The van der Waals surface area contributed by atoms with E-state index in [9.17, 15) is 4.79 Å². The maximum absolute atomic E-state index is 12.1. The SMILES string of the molecule is COc1cc(C=C(C#N)C#N)ccc1OC(=O)c1ccccc1. The minimum Gasteiger partial charge on any atom is -0.493 e. The Balaban J connectivity index is 2.28. The summed E-state index contributed by atoms with van der Waals surface area (Å²) >= 11 is 0. The van der Waals surface area contributed by atoms with E-state index in [1.54, 1.807) is 60.7 Å². The molecular weight excluding hydrogens is 292 g/mol. The van der Waals surface area contributed by atoms with Crippen LogP contribution in [0.2, 0.25) is 0 Å². The average Bonchev–Trinajstić information content (AvgIpc) is 2.61. The predicted molar refractivity (Wildman–Crippen MR) is 83.6 cm³/mol. The molecule has 5 heteroatoms. The molecule has 0 aliphatic rings. The van der Waals surface area contributed by atoms with E-state index >= 15 is 0 Å². The lowest BCUT2D eigenvalue weighted by Gasteiger charge is -2.10. The summed E-state index contributed by atoms with van der Waals surface area (Å²) in [6, 6.07) is 16.9. The molecule has 2 aromatic carbocycles. The summed E-state index contributed by atoms with van der Waals surface area (Å²) < 4.78 is 10.5. The van der Waals surface area contributed by atoms with Gasteiger partial charge < -0.3 is 9.47 Å². The molecule has 0 heterocycles. The first-order valence-electron chi connectivity index (χ1n) is 6.65. The van der Waals surface area contributed by atoms with E-state index in [1.807, 2.05) is 0 Å². The molecule has 0 unspecified atom stereocenters. The Morgan fingerprint density at radius 3 is 2.35 bits per heavy atom. The fourth-order valence-corrected chi connectivity index (χ4v) is 1.85. The third kappa shape index (κ3) is 3.96. The summed E-state index contributed by atoms with van der Waals surface area (Å²) in [6.07, 6.45) is 1.42. The zero-order chi connectivity index (χ0) is 16.7. The van der Waals surface area contributed by atoms with Crippen molar-refractivity contribution in [3.8, 4) is 23.6 Å². The van der Waals surface area contributed by atoms with Crippen LogP contribution in [-0.4, -0.2) is 13.1 Å². The van der Waals surface area contributed by atoms with Crippen molar-refractivity contribution in [1.29, 1.82) is 10.5 Å². The summed E-state index contributed by atoms with van der Waals surface area (Å²) in [6.45, 7) is 0. The van der Waals surface area contributed by atoms with Gasteiger partial charge in [-0.05, 0) is 35.9 Å². The molecule has 0 N–H and O–H groups in total. The molecule has 0 amide bonds. The van der Waals surface area contributed by atoms with Crippen molar-refractivity contribution >= 4 is 12.0 Å². The molecule has 0 radical (unpaired) electrons. The molecule has 0 spiro atoms. The van der Waals surface area contributed by atoms with Crippen molar-refractivity contribution in [2.24, 2.45) is 0 Å². The first-order chi connectivity index (χ1) is 11.2. The Kier molecular flexibility index (Phi) is 5.12. The van der Waals surface area contributed by atoms with Crippen LogP contribution in [0.3, 0.4) is 0 Å². The topological polar surface area (TPSA) is 83.1 Å². The zero-order valence-corrected chi connectivity index (χ0v) is 12.3. The molecule has 0 aromatic heterocycles. The molecule has 2 rings (SSSR count). The van der Waals surface area contributed by atoms with E-state index in [2.05, 4.69) is 0 Å². The summed E-state index contributed by atoms with van der Waals surface area (Å²) in [4.78, 5) is 12.1. The number of benzene rings is 2. The number of hydrogen-bond donors (Lipinski definition) is 0. The molecular formula is C18H12N2O3. The van der Waals surface area contributed by atoms with Crippen molar-refractivity contribution in [1.82, 2.24) is 0 Å². The van der Waals surface area contributed by atoms with Gasteiger partial charge in [-0.2, -0.15) is 10.5 Å². The van der Waals surface area contributed by atoms with Crippen LogP contribution in [-0.2, 0) is 0 Å². The van der Waals surface area contributed by atoms with Crippen LogP contribution in [0.5, 0.6) is 11.5 Å². The highest BCUT2D eigenvalue weighted by Crippen LogP contribution is 2.29. The van der Waals surface area contributed by atoms with E-state index in [0.717, 1.165) is 0 Å². The minimum atomic E-state index is -0.498. The highest BCUT2D eigenvalue weighted by Gasteiger charge is 2.12. The van der Waals surface area contributed by atoms with Crippen LogP contribution in [0.1, 0.15) is 15.9 Å². The third-order valence-corrected chi connectivity index (χ3v) is 2.95. The van der Waals surface area contributed by atoms with Gasteiger partial charge in [0.05, 0.1) is 12.7 Å². The zero-order valence-electron chi connectivity index (χ0n) is 12.3. The highest BCUT2D eigenvalue weighted by molar-refractivity contribution is 5.91. The number of carbonyl (C=O) groups excluding carboxylic acids is 1.